The number of methoxy groups -OCH3 is 2. The van der Waals surface area contributed by atoms with E-state index in [1.807, 2.05) is 24.3 Å². The summed E-state index contributed by atoms with van der Waals surface area (Å²) in [5, 5.41) is 3.56. The van der Waals surface area contributed by atoms with E-state index in [-0.39, 0.29) is 5.57 Å². The Balaban J connectivity index is 2.36. The van der Waals surface area contributed by atoms with Crippen LogP contribution in [0.2, 0.25) is 0 Å². The summed E-state index contributed by atoms with van der Waals surface area (Å²) in [5.41, 5.74) is 0.476. The molecule has 2 aromatic rings. The summed E-state index contributed by atoms with van der Waals surface area (Å²) < 4.78 is 9.06. The zero-order valence-corrected chi connectivity index (χ0v) is 11.5. The van der Waals surface area contributed by atoms with E-state index < -0.39 is 11.9 Å². The summed E-state index contributed by atoms with van der Waals surface area (Å²) in [6.45, 7) is 0. The molecule has 0 radical (unpaired) electrons. The Hall–Kier alpha value is -2.96. The molecule has 7 heteroatoms. The minimum absolute atomic E-state index is 0.261. The summed E-state index contributed by atoms with van der Waals surface area (Å²) in [5.74, 6) is -1.13. The van der Waals surface area contributed by atoms with Crippen LogP contribution in [0.1, 0.15) is 0 Å². The van der Waals surface area contributed by atoms with Gasteiger partial charge >= 0.3 is 11.9 Å². The standard InChI is InChI=1S/C14H13N3O4/c1-20-13(18)10(14(19)21-2)7-15-12-9-5-3-4-6-11(9)16-8-17-12/h3-8H,1-2H3,(H,15,16,17). The Morgan fingerprint density at radius 3 is 2.43 bits per heavy atom. The fraction of sp³-hybridized carbons (Fsp3) is 0.143. The monoisotopic (exact) mass is 287 g/mol. The van der Waals surface area contributed by atoms with Crippen LogP contribution in [0.3, 0.4) is 0 Å². The van der Waals surface area contributed by atoms with Crippen molar-refractivity contribution in [1.29, 1.82) is 0 Å². The van der Waals surface area contributed by atoms with Crippen LogP contribution < -0.4 is 5.32 Å². The number of aromatic nitrogens is 2. The molecule has 0 saturated heterocycles. The number of para-hydroxylation sites is 1. The fourth-order valence-corrected chi connectivity index (χ4v) is 1.68. The van der Waals surface area contributed by atoms with E-state index >= 15 is 0 Å². The second-order valence-electron chi connectivity index (χ2n) is 3.92. The summed E-state index contributed by atoms with van der Waals surface area (Å²) >= 11 is 0. The number of hydrogen-bond donors (Lipinski definition) is 1. The molecule has 2 rings (SSSR count). The van der Waals surface area contributed by atoms with Crippen LogP contribution in [-0.4, -0.2) is 36.1 Å². The van der Waals surface area contributed by atoms with Crippen molar-refractivity contribution >= 4 is 28.7 Å². The topological polar surface area (TPSA) is 90.4 Å². The van der Waals surface area contributed by atoms with Gasteiger partial charge in [-0.15, -0.1) is 0 Å². The molecule has 0 atom stereocenters. The number of esters is 2. The zero-order valence-electron chi connectivity index (χ0n) is 11.5. The normalized spacial score (nSPS) is 9.81. The predicted molar refractivity (Wildman–Crippen MR) is 75.3 cm³/mol. The maximum absolute atomic E-state index is 11.5. The number of benzene rings is 1. The molecule has 0 amide bonds. The lowest BCUT2D eigenvalue weighted by Gasteiger charge is -2.06. The molecule has 21 heavy (non-hydrogen) atoms. The highest BCUT2D eigenvalue weighted by Crippen LogP contribution is 2.18. The van der Waals surface area contributed by atoms with E-state index in [9.17, 15) is 9.59 Å². The van der Waals surface area contributed by atoms with Crippen molar-refractivity contribution < 1.29 is 19.1 Å². The van der Waals surface area contributed by atoms with Gasteiger partial charge in [0.25, 0.3) is 0 Å². The quantitative estimate of drug-likeness (QED) is 0.392. The lowest BCUT2D eigenvalue weighted by molar-refractivity contribution is -0.144. The summed E-state index contributed by atoms with van der Waals surface area (Å²) in [6, 6.07) is 7.33. The minimum atomic E-state index is -0.798. The van der Waals surface area contributed by atoms with Gasteiger partial charge in [0, 0.05) is 11.6 Å². The van der Waals surface area contributed by atoms with Gasteiger partial charge in [-0.05, 0) is 12.1 Å². The Labute approximate surface area is 120 Å². The first kappa shape index (κ1) is 14.4. The molecule has 0 bridgehead atoms. The van der Waals surface area contributed by atoms with Gasteiger partial charge in [-0.1, -0.05) is 12.1 Å². The van der Waals surface area contributed by atoms with Crippen LogP contribution in [0, 0.1) is 0 Å². The molecule has 108 valence electrons. The van der Waals surface area contributed by atoms with Crippen molar-refractivity contribution in [2.45, 2.75) is 0 Å². The van der Waals surface area contributed by atoms with Crippen molar-refractivity contribution in [1.82, 2.24) is 9.97 Å². The highest BCUT2D eigenvalue weighted by molar-refractivity contribution is 6.14. The van der Waals surface area contributed by atoms with Gasteiger partial charge in [0.15, 0.2) is 5.57 Å². The third-order valence-electron chi connectivity index (χ3n) is 2.71. The minimum Gasteiger partial charge on any atom is -0.465 e. The number of ether oxygens (including phenoxy) is 2. The Bertz CT molecular complexity index is 689. The number of carbonyl (C=O) groups excluding carboxylic acids is 2. The molecule has 1 aromatic carbocycles. The Morgan fingerprint density at radius 2 is 1.76 bits per heavy atom. The predicted octanol–water partition coefficient (Wildman–Crippen LogP) is 1.27. The SMILES string of the molecule is COC(=O)C(=CNc1ncnc2ccccc12)C(=O)OC. The van der Waals surface area contributed by atoms with Crippen molar-refractivity contribution in [2.24, 2.45) is 0 Å². The molecule has 0 aliphatic rings. The number of nitrogens with one attached hydrogen (secondary N) is 1. The summed E-state index contributed by atoms with van der Waals surface area (Å²) in [7, 11) is 2.36. The van der Waals surface area contributed by atoms with E-state index in [0.29, 0.717) is 5.82 Å². The lowest BCUT2D eigenvalue weighted by atomic mass is 10.2. The van der Waals surface area contributed by atoms with E-state index in [1.54, 1.807) is 0 Å². The van der Waals surface area contributed by atoms with Crippen LogP contribution in [0.4, 0.5) is 5.82 Å². The molecule has 0 fully saturated rings. The number of carbonyl (C=O) groups is 2. The smallest absolute Gasteiger partial charge is 0.346 e. The molecule has 0 aliphatic carbocycles. The van der Waals surface area contributed by atoms with Crippen LogP contribution in [0.15, 0.2) is 42.4 Å². The van der Waals surface area contributed by atoms with Gasteiger partial charge in [0.2, 0.25) is 0 Å². The maximum Gasteiger partial charge on any atom is 0.346 e. The Kier molecular flexibility index (Phi) is 4.45. The van der Waals surface area contributed by atoms with Crippen LogP contribution in [-0.2, 0) is 19.1 Å². The largest absolute Gasteiger partial charge is 0.465 e. The van der Waals surface area contributed by atoms with E-state index in [1.165, 1.54) is 26.7 Å². The second kappa shape index (κ2) is 6.47. The first-order valence-corrected chi connectivity index (χ1v) is 6.00. The summed E-state index contributed by atoms with van der Waals surface area (Å²) in [4.78, 5) is 31.3. The fourth-order valence-electron chi connectivity index (χ4n) is 1.68. The van der Waals surface area contributed by atoms with Gasteiger partial charge in [0.05, 0.1) is 19.7 Å². The number of hydrogen-bond acceptors (Lipinski definition) is 7. The van der Waals surface area contributed by atoms with Gasteiger partial charge in [-0.25, -0.2) is 19.6 Å². The van der Waals surface area contributed by atoms with Gasteiger partial charge in [0.1, 0.15) is 12.1 Å². The average molecular weight is 287 g/mol. The highest BCUT2D eigenvalue weighted by Gasteiger charge is 2.19. The van der Waals surface area contributed by atoms with E-state index in [4.69, 9.17) is 0 Å². The Morgan fingerprint density at radius 1 is 1.10 bits per heavy atom. The van der Waals surface area contributed by atoms with Crippen molar-refractivity contribution in [3.8, 4) is 0 Å². The lowest BCUT2D eigenvalue weighted by Crippen LogP contribution is -2.17. The molecule has 1 aromatic heterocycles. The van der Waals surface area contributed by atoms with Crippen LogP contribution in [0.25, 0.3) is 10.9 Å². The molecular formula is C14H13N3O4. The van der Waals surface area contributed by atoms with Crippen LogP contribution >= 0.6 is 0 Å². The summed E-state index contributed by atoms with van der Waals surface area (Å²) in [6.07, 6.45) is 2.58. The molecule has 7 nitrogen and oxygen atoms in total. The molecule has 0 aliphatic heterocycles. The molecule has 0 saturated carbocycles. The third-order valence-corrected chi connectivity index (χ3v) is 2.71. The van der Waals surface area contributed by atoms with Gasteiger partial charge < -0.3 is 14.8 Å². The molecular weight excluding hydrogens is 274 g/mol. The first-order valence-electron chi connectivity index (χ1n) is 6.00. The van der Waals surface area contributed by atoms with Crippen molar-refractivity contribution in [3.05, 3.63) is 42.4 Å². The number of rotatable bonds is 4. The van der Waals surface area contributed by atoms with Crippen molar-refractivity contribution in [2.75, 3.05) is 19.5 Å². The zero-order chi connectivity index (χ0) is 15.2. The van der Waals surface area contributed by atoms with E-state index in [0.717, 1.165) is 10.9 Å². The van der Waals surface area contributed by atoms with Gasteiger partial charge in [-0.2, -0.15) is 0 Å². The number of anilines is 1. The first-order chi connectivity index (χ1) is 10.2. The molecule has 0 spiro atoms. The third kappa shape index (κ3) is 3.14. The van der Waals surface area contributed by atoms with E-state index in [2.05, 4.69) is 24.8 Å². The molecule has 1 N–H and O–H groups in total. The van der Waals surface area contributed by atoms with Crippen LogP contribution in [0.5, 0.6) is 0 Å². The number of fused-ring (bicyclic) bond motifs is 1. The average Bonchev–Trinajstić information content (AvgIpc) is 2.54. The van der Waals surface area contributed by atoms with Crippen molar-refractivity contribution in [3.63, 3.8) is 0 Å². The molecule has 0 unspecified atom stereocenters. The molecule has 1 heterocycles. The highest BCUT2D eigenvalue weighted by atomic mass is 16.5. The van der Waals surface area contributed by atoms with Gasteiger partial charge in [-0.3, -0.25) is 0 Å². The second-order valence-corrected chi connectivity index (χ2v) is 3.92. The number of nitrogens with zero attached hydrogens (tertiary/aromatic N) is 2. The maximum atomic E-state index is 11.5.